The van der Waals surface area contributed by atoms with Crippen LogP contribution in [0.4, 0.5) is 10.1 Å². The molecule has 0 aliphatic rings. The van der Waals surface area contributed by atoms with Gasteiger partial charge in [-0.05, 0) is 44.2 Å². The van der Waals surface area contributed by atoms with Gasteiger partial charge in [0.2, 0.25) is 5.96 Å². The van der Waals surface area contributed by atoms with E-state index < -0.39 is 11.7 Å². The second-order valence-electron chi connectivity index (χ2n) is 6.76. The van der Waals surface area contributed by atoms with Crippen molar-refractivity contribution < 1.29 is 13.9 Å². The minimum Gasteiger partial charge on any atom is -0.497 e. The Balaban J connectivity index is 1.87. The molecule has 0 spiro atoms. The Bertz CT molecular complexity index is 1090. The molecule has 0 bridgehead atoms. The van der Waals surface area contributed by atoms with Crippen molar-refractivity contribution in [3.63, 3.8) is 0 Å². The highest BCUT2D eigenvalue weighted by Crippen LogP contribution is 2.17. The number of methoxy groups -OCH3 is 1. The van der Waals surface area contributed by atoms with Crippen molar-refractivity contribution in [2.45, 2.75) is 20.4 Å². The number of hydrogen-bond donors (Lipinski definition) is 2. The number of aromatic nitrogens is 2. The first-order valence-corrected chi connectivity index (χ1v) is 9.39. The van der Waals surface area contributed by atoms with Gasteiger partial charge in [0.25, 0.3) is 5.91 Å². The lowest BCUT2D eigenvalue weighted by Gasteiger charge is -2.13. The number of hydrogen-bond acceptors (Lipinski definition) is 4. The van der Waals surface area contributed by atoms with Crippen LogP contribution in [0.2, 0.25) is 0 Å². The van der Waals surface area contributed by atoms with Gasteiger partial charge in [-0.25, -0.2) is 9.38 Å². The summed E-state index contributed by atoms with van der Waals surface area (Å²) >= 11 is 0. The molecule has 8 heteroatoms. The van der Waals surface area contributed by atoms with Crippen molar-refractivity contribution in [3.05, 3.63) is 76.9 Å². The highest BCUT2D eigenvalue weighted by Gasteiger charge is 2.13. The van der Waals surface area contributed by atoms with Crippen LogP contribution >= 0.6 is 0 Å². The Hall–Kier alpha value is -3.68. The Morgan fingerprint density at radius 2 is 1.97 bits per heavy atom. The predicted molar refractivity (Wildman–Crippen MR) is 114 cm³/mol. The number of benzene rings is 2. The maximum absolute atomic E-state index is 13.5. The van der Waals surface area contributed by atoms with Gasteiger partial charge in [0.15, 0.2) is 0 Å². The fourth-order valence-electron chi connectivity index (χ4n) is 2.96. The third-order valence-corrected chi connectivity index (χ3v) is 4.71. The molecule has 0 radical (unpaired) electrons. The summed E-state index contributed by atoms with van der Waals surface area (Å²) in [4.78, 5) is 17.2. The Morgan fingerprint density at radius 1 is 1.20 bits per heavy atom. The monoisotopic (exact) mass is 409 g/mol. The van der Waals surface area contributed by atoms with Crippen LogP contribution in [0.15, 0.2) is 53.5 Å². The van der Waals surface area contributed by atoms with Crippen molar-refractivity contribution in [2.24, 2.45) is 12.0 Å². The first kappa shape index (κ1) is 21.0. The molecule has 2 aromatic carbocycles. The van der Waals surface area contributed by atoms with Crippen molar-refractivity contribution in [1.29, 1.82) is 0 Å². The molecule has 7 nitrogen and oxygen atoms in total. The van der Waals surface area contributed by atoms with Crippen molar-refractivity contribution >= 4 is 17.6 Å². The van der Waals surface area contributed by atoms with Crippen LogP contribution < -0.4 is 15.4 Å². The van der Waals surface area contributed by atoms with E-state index in [1.165, 1.54) is 24.3 Å². The second kappa shape index (κ2) is 9.21. The Labute approximate surface area is 174 Å². The summed E-state index contributed by atoms with van der Waals surface area (Å²) in [5, 5.41) is 10.2. The fourth-order valence-corrected chi connectivity index (χ4v) is 2.96. The number of carbonyl (C=O) groups excluding carboxylic acids is 1. The third kappa shape index (κ3) is 5.02. The lowest BCUT2D eigenvalue weighted by molar-refractivity contribution is 0.0976. The lowest BCUT2D eigenvalue weighted by Crippen LogP contribution is -2.36. The number of amides is 1. The summed E-state index contributed by atoms with van der Waals surface area (Å²) in [7, 11) is 3.45. The van der Waals surface area contributed by atoms with E-state index in [0.29, 0.717) is 18.0 Å². The smallest absolute Gasteiger partial charge is 0.258 e. The summed E-state index contributed by atoms with van der Waals surface area (Å²) < 4.78 is 20.5. The zero-order valence-corrected chi connectivity index (χ0v) is 17.4. The number of rotatable bonds is 5. The maximum atomic E-state index is 13.5. The standard InChI is InChI=1S/C22H24FN5O2/c1-14-20(15(2)28(3)27-14)13-24-22(25-18-9-6-10-19(12-18)30-4)26-21(29)16-7-5-8-17(23)11-16/h5-12H,13H2,1-4H3,(H2,24,25,26,29). The number of guanidine groups is 1. The molecule has 0 unspecified atom stereocenters. The quantitative estimate of drug-likeness (QED) is 0.499. The number of aryl methyl sites for hydroxylation is 2. The van der Waals surface area contributed by atoms with Gasteiger partial charge >= 0.3 is 0 Å². The molecule has 1 aromatic heterocycles. The number of nitrogens with zero attached hydrogens (tertiary/aromatic N) is 3. The Kier molecular flexibility index (Phi) is 6.46. The summed E-state index contributed by atoms with van der Waals surface area (Å²) in [6.45, 7) is 4.20. The van der Waals surface area contributed by atoms with Gasteiger partial charge in [-0.2, -0.15) is 5.10 Å². The van der Waals surface area contributed by atoms with Gasteiger partial charge < -0.3 is 10.1 Å². The second-order valence-corrected chi connectivity index (χ2v) is 6.76. The molecule has 0 aliphatic heterocycles. The number of nitrogens with one attached hydrogen (secondary N) is 2. The third-order valence-electron chi connectivity index (χ3n) is 4.71. The van der Waals surface area contributed by atoms with Gasteiger partial charge in [-0.1, -0.05) is 12.1 Å². The maximum Gasteiger partial charge on any atom is 0.258 e. The van der Waals surface area contributed by atoms with Gasteiger partial charge in [0.1, 0.15) is 11.6 Å². The van der Waals surface area contributed by atoms with Crippen molar-refractivity contribution in [3.8, 4) is 5.75 Å². The van der Waals surface area contributed by atoms with Crippen LogP contribution in [-0.4, -0.2) is 28.8 Å². The molecular formula is C22H24FN5O2. The molecule has 3 aromatic rings. The summed E-state index contributed by atoms with van der Waals surface area (Å²) in [5.41, 5.74) is 3.72. The fraction of sp³-hybridized carbons (Fsp3) is 0.227. The van der Waals surface area contributed by atoms with E-state index in [1.54, 1.807) is 17.9 Å². The number of halogens is 1. The molecule has 1 amide bonds. The van der Waals surface area contributed by atoms with Crippen molar-refractivity contribution in [2.75, 3.05) is 12.4 Å². The molecule has 1 heterocycles. The van der Waals surface area contributed by atoms with E-state index in [0.717, 1.165) is 17.0 Å². The Morgan fingerprint density at radius 3 is 2.63 bits per heavy atom. The van der Waals surface area contributed by atoms with Crippen LogP contribution in [-0.2, 0) is 13.6 Å². The van der Waals surface area contributed by atoms with Gasteiger partial charge in [-0.15, -0.1) is 0 Å². The average molecular weight is 409 g/mol. The van der Waals surface area contributed by atoms with Gasteiger partial charge in [-0.3, -0.25) is 14.8 Å². The first-order valence-electron chi connectivity index (χ1n) is 9.39. The average Bonchev–Trinajstić information content (AvgIpc) is 2.97. The van der Waals surface area contributed by atoms with E-state index in [1.807, 2.05) is 39.1 Å². The van der Waals surface area contributed by atoms with Crippen LogP contribution in [0.3, 0.4) is 0 Å². The molecule has 156 valence electrons. The van der Waals surface area contributed by atoms with E-state index in [-0.39, 0.29) is 11.5 Å². The van der Waals surface area contributed by atoms with E-state index in [2.05, 4.69) is 20.7 Å². The van der Waals surface area contributed by atoms with E-state index in [4.69, 9.17) is 4.74 Å². The molecule has 0 saturated heterocycles. The zero-order valence-electron chi connectivity index (χ0n) is 17.4. The number of ether oxygens (including phenoxy) is 1. The van der Waals surface area contributed by atoms with Crippen LogP contribution in [0.5, 0.6) is 5.75 Å². The predicted octanol–water partition coefficient (Wildman–Crippen LogP) is 3.58. The topological polar surface area (TPSA) is 80.5 Å². The lowest BCUT2D eigenvalue weighted by atomic mass is 10.2. The van der Waals surface area contributed by atoms with E-state index >= 15 is 0 Å². The highest BCUT2D eigenvalue weighted by molar-refractivity contribution is 6.10. The molecule has 0 fully saturated rings. The molecular weight excluding hydrogens is 385 g/mol. The van der Waals surface area contributed by atoms with Crippen LogP contribution in [0, 0.1) is 19.7 Å². The number of anilines is 1. The molecule has 0 atom stereocenters. The molecule has 2 N–H and O–H groups in total. The molecule has 0 aliphatic carbocycles. The van der Waals surface area contributed by atoms with Gasteiger partial charge in [0.05, 0.1) is 19.3 Å². The molecule has 30 heavy (non-hydrogen) atoms. The summed E-state index contributed by atoms with van der Waals surface area (Å²) in [6, 6.07) is 12.7. The normalized spacial score (nSPS) is 11.3. The molecule has 0 saturated carbocycles. The summed E-state index contributed by atoms with van der Waals surface area (Å²) in [6.07, 6.45) is 0. The SMILES string of the molecule is COc1cccc(NC(=NCc2c(C)nn(C)c2C)NC(=O)c2cccc(F)c2)c1. The highest BCUT2D eigenvalue weighted by atomic mass is 19.1. The summed E-state index contributed by atoms with van der Waals surface area (Å²) in [5.74, 6) is -0.0540. The largest absolute Gasteiger partial charge is 0.497 e. The van der Waals surface area contributed by atoms with Crippen LogP contribution in [0.25, 0.3) is 0 Å². The zero-order chi connectivity index (χ0) is 21.7. The van der Waals surface area contributed by atoms with E-state index in [9.17, 15) is 9.18 Å². The van der Waals surface area contributed by atoms with Crippen molar-refractivity contribution in [1.82, 2.24) is 15.1 Å². The first-order chi connectivity index (χ1) is 14.4. The molecule has 3 rings (SSSR count). The van der Waals surface area contributed by atoms with Crippen LogP contribution in [0.1, 0.15) is 27.3 Å². The van der Waals surface area contributed by atoms with Gasteiger partial charge in [0, 0.05) is 35.6 Å². The number of carbonyl (C=O) groups is 1. The minimum atomic E-state index is -0.483. The number of aliphatic imine (C=N–C) groups is 1. The minimum absolute atomic E-state index is 0.198.